The fourth-order valence-electron chi connectivity index (χ4n) is 7.09. The first-order valence-electron chi connectivity index (χ1n) is 16.1. The van der Waals surface area contributed by atoms with Gasteiger partial charge in [0.15, 0.2) is 0 Å². The molecule has 10 rings (SSSR count). The summed E-state index contributed by atoms with van der Waals surface area (Å²) in [7, 11) is 0. The summed E-state index contributed by atoms with van der Waals surface area (Å²) in [5, 5.41) is 7.99. The molecule has 0 spiro atoms. The Kier molecular flexibility index (Phi) is 6.74. The van der Waals surface area contributed by atoms with E-state index in [1.807, 2.05) is 42.1 Å². The van der Waals surface area contributed by atoms with Crippen LogP contribution in [0.2, 0.25) is 0 Å². The third-order valence-electron chi connectivity index (χ3n) is 9.45. The Morgan fingerprint density at radius 2 is 1.43 bits per heavy atom. The zero-order valence-electron chi connectivity index (χ0n) is 26.9. The zero-order valence-corrected chi connectivity index (χ0v) is 30.0. The Labute approximate surface area is 300 Å². The van der Waals surface area contributed by atoms with Gasteiger partial charge in [-0.15, -0.1) is 41.0 Å². The van der Waals surface area contributed by atoms with Crippen molar-refractivity contribution in [3.8, 4) is 17.3 Å². The van der Waals surface area contributed by atoms with Gasteiger partial charge in [-0.05, 0) is 58.1 Å². The monoisotopic (exact) mass is 831 g/mol. The number of thiophene rings is 1. The van der Waals surface area contributed by atoms with E-state index >= 15 is 0 Å². The van der Waals surface area contributed by atoms with Gasteiger partial charge in [-0.3, -0.25) is 4.98 Å². The summed E-state index contributed by atoms with van der Waals surface area (Å²) < 4.78 is 13.4. The van der Waals surface area contributed by atoms with Gasteiger partial charge in [0.05, 0.1) is 5.65 Å². The van der Waals surface area contributed by atoms with Crippen molar-refractivity contribution >= 4 is 80.6 Å². The minimum Gasteiger partial charge on any atom is -0.503 e. The molecule has 5 nitrogen and oxygen atoms in total. The molecule has 0 fully saturated rings. The van der Waals surface area contributed by atoms with Gasteiger partial charge in [0, 0.05) is 61.3 Å². The fraction of sp³-hybridized carbons (Fsp3) is 0.0952. The van der Waals surface area contributed by atoms with Crippen LogP contribution in [-0.2, 0) is 26.5 Å². The zero-order chi connectivity index (χ0) is 32.1. The van der Waals surface area contributed by atoms with E-state index in [0.717, 1.165) is 49.6 Å². The van der Waals surface area contributed by atoms with E-state index in [1.54, 1.807) is 0 Å². The number of hydrogen-bond donors (Lipinski definition) is 0. The van der Waals surface area contributed by atoms with Crippen LogP contribution in [-0.4, -0.2) is 18.9 Å². The summed E-state index contributed by atoms with van der Waals surface area (Å²) in [6.07, 6.45) is 5.78. The van der Waals surface area contributed by atoms with Crippen LogP contribution in [0.1, 0.15) is 26.3 Å². The van der Waals surface area contributed by atoms with E-state index in [0.29, 0.717) is 11.5 Å². The smallest absolute Gasteiger partial charge is 0.503 e. The van der Waals surface area contributed by atoms with Gasteiger partial charge in [0.25, 0.3) is 0 Å². The quantitative estimate of drug-likeness (QED) is 0.132. The molecule has 0 amide bonds. The standard InChI is InChI=1S/C42H28N4OS.Pt/c1-42(2,3)25-16-17-43-40(20-25)46-35-10-6-4-8-29(35)30-15-13-27(22-37(30)46)47-26-12-14-28-32-24-39-33(31-9-5-7-11-38(31)48-39)23-36(32)45-19-18-44-41(45)34(28)21-26;/h4-20,23-24H,1-3H3;/q-2;+2. The minimum atomic E-state index is -0.00414. The molecule has 0 unspecified atom stereocenters. The van der Waals surface area contributed by atoms with Crippen LogP contribution in [0.3, 0.4) is 0 Å². The van der Waals surface area contributed by atoms with Crippen molar-refractivity contribution in [2.45, 2.75) is 26.2 Å². The average Bonchev–Trinajstić information content (AvgIpc) is 3.81. The number of hydrogen-bond acceptors (Lipinski definition) is 4. The van der Waals surface area contributed by atoms with E-state index in [4.69, 9.17) is 14.7 Å². The largest absolute Gasteiger partial charge is 2.00 e. The second-order valence-electron chi connectivity index (χ2n) is 13.4. The molecule has 238 valence electrons. The van der Waals surface area contributed by atoms with Crippen LogP contribution in [0, 0.1) is 12.1 Å². The van der Waals surface area contributed by atoms with Gasteiger partial charge in [-0.2, -0.15) is 6.07 Å². The van der Waals surface area contributed by atoms with Crippen LogP contribution in [0.5, 0.6) is 11.5 Å². The Balaban J connectivity index is 0.00000325. The van der Waals surface area contributed by atoms with Gasteiger partial charge < -0.3 is 13.7 Å². The molecule has 0 saturated heterocycles. The Morgan fingerprint density at radius 1 is 0.653 bits per heavy atom. The third kappa shape index (κ3) is 4.62. The summed E-state index contributed by atoms with van der Waals surface area (Å²) in [4.78, 5) is 9.58. The summed E-state index contributed by atoms with van der Waals surface area (Å²) in [6.45, 7) is 6.67. The molecule has 49 heavy (non-hydrogen) atoms. The van der Waals surface area contributed by atoms with E-state index in [1.165, 1.54) is 31.1 Å². The molecule has 5 aromatic heterocycles. The molecule has 0 radical (unpaired) electrons. The van der Waals surface area contributed by atoms with Crippen molar-refractivity contribution in [1.29, 1.82) is 0 Å². The van der Waals surface area contributed by atoms with Crippen LogP contribution >= 0.6 is 11.3 Å². The average molecular weight is 832 g/mol. The summed E-state index contributed by atoms with van der Waals surface area (Å²) >= 11 is 1.83. The van der Waals surface area contributed by atoms with Crippen LogP contribution in [0.15, 0.2) is 116 Å². The topological polar surface area (TPSA) is 44.4 Å². The Morgan fingerprint density at radius 3 is 2.29 bits per heavy atom. The molecule has 5 aromatic carbocycles. The SMILES string of the molecule is CC(C)(C)c1ccnc(-n2c3[c-]c(Oc4[c-]c5c(cc4)c4cc6sc7ccccc7c6cc4n4ccnc54)ccc3c3ccccc32)c1.[Pt+2]. The number of ether oxygens (including phenoxy) is 1. The third-order valence-corrected chi connectivity index (χ3v) is 10.6. The van der Waals surface area contributed by atoms with Gasteiger partial charge in [-0.1, -0.05) is 79.5 Å². The number of fused-ring (bicyclic) bond motifs is 12. The Hall–Kier alpha value is -5.03. The molecular formula is C42H28N4OPtS. The Bertz CT molecular complexity index is 2930. The molecule has 10 aromatic rings. The first-order valence-corrected chi connectivity index (χ1v) is 16.9. The predicted molar refractivity (Wildman–Crippen MR) is 198 cm³/mol. The second-order valence-corrected chi connectivity index (χ2v) is 14.5. The predicted octanol–water partition coefficient (Wildman–Crippen LogP) is 11.2. The molecule has 0 saturated carbocycles. The number of aromatic nitrogens is 4. The molecule has 0 N–H and O–H groups in total. The molecule has 5 heterocycles. The van der Waals surface area contributed by atoms with Gasteiger partial charge in [0.1, 0.15) is 5.82 Å². The van der Waals surface area contributed by atoms with E-state index in [9.17, 15) is 0 Å². The summed E-state index contributed by atoms with van der Waals surface area (Å²) in [5.74, 6) is 2.09. The van der Waals surface area contributed by atoms with Gasteiger partial charge >= 0.3 is 21.1 Å². The summed E-state index contributed by atoms with van der Waals surface area (Å²) in [6, 6.07) is 41.3. The number of imidazole rings is 1. The molecule has 0 aliphatic carbocycles. The van der Waals surface area contributed by atoms with E-state index < -0.39 is 0 Å². The molecule has 0 aliphatic rings. The second kappa shape index (κ2) is 11.0. The fourth-order valence-corrected chi connectivity index (χ4v) is 8.22. The summed E-state index contributed by atoms with van der Waals surface area (Å²) in [5.41, 5.74) is 5.20. The van der Waals surface area contributed by atoms with Crippen molar-refractivity contribution in [3.63, 3.8) is 0 Å². The minimum absolute atomic E-state index is 0. The normalized spacial score (nSPS) is 12.2. The van der Waals surface area contributed by atoms with E-state index in [-0.39, 0.29) is 26.5 Å². The van der Waals surface area contributed by atoms with Gasteiger partial charge in [-0.25, -0.2) is 4.98 Å². The maximum Gasteiger partial charge on any atom is 2.00 e. The first-order chi connectivity index (χ1) is 23.4. The number of benzene rings is 5. The van der Waals surface area contributed by atoms with Crippen LogP contribution < -0.4 is 4.74 Å². The number of rotatable bonds is 3. The number of nitrogens with zero attached hydrogens (tertiary/aromatic N) is 4. The van der Waals surface area contributed by atoms with Crippen molar-refractivity contribution in [1.82, 2.24) is 18.9 Å². The maximum atomic E-state index is 6.53. The van der Waals surface area contributed by atoms with E-state index in [2.05, 4.69) is 127 Å². The molecule has 0 aliphatic heterocycles. The maximum absolute atomic E-state index is 6.53. The molecule has 0 bridgehead atoms. The number of pyridine rings is 2. The molecule has 7 heteroatoms. The van der Waals surface area contributed by atoms with Crippen LogP contribution in [0.25, 0.3) is 75.1 Å². The molecular weight excluding hydrogens is 804 g/mol. The van der Waals surface area contributed by atoms with Crippen molar-refractivity contribution in [2.24, 2.45) is 0 Å². The number of para-hydroxylation sites is 1. The van der Waals surface area contributed by atoms with Gasteiger partial charge in [0.2, 0.25) is 0 Å². The van der Waals surface area contributed by atoms with Crippen molar-refractivity contribution in [2.75, 3.05) is 0 Å². The van der Waals surface area contributed by atoms with Crippen molar-refractivity contribution < 1.29 is 25.8 Å². The first kappa shape index (κ1) is 30.1. The van der Waals surface area contributed by atoms with Crippen molar-refractivity contribution in [3.05, 3.63) is 133 Å². The van der Waals surface area contributed by atoms with Crippen LogP contribution in [0.4, 0.5) is 0 Å². The molecule has 0 atom stereocenters.